The van der Waals surface area contributed by atoms with E-state index in [-0.39, 0.29) is 0 Å². The highest BCUT2D eigenvalue weighted by molar-refractivity contribution is 6.17. The molecule has 3 aromatic heterocycles. The summed E-state index contributed by atoms with van der Waals surface area (Å²) in [6, 6.07) is 15.3. The molecule has 160 valence electrons. The average Bonchev–Trinajstić information content (AvgIpc) is 3.20. The van der Waals surface area contributed by atoms with Crippen molar-refractivity contribution in [2.24, 2.45) is 0 Å². The molecule has 0 saturated carbocycles. The first-order valence-corrected chi connectivity index (χ1v) is 10.5. The van der Waals surface area contributed by atoms with E-state index in [2.05, 4.69) is 10.3 Å². The van der Waals surface area contributed by atoms with Gasteiger partial charge in [0.25, 0.3) is 0 Å². The number of benzene rings is 1. The summed E-state index contributed by atoms with van der Waals surface area (Å²) < 4.78 is 1.95. The number of halogens is 1. The molecule has 0 saturated heterocycles. The number of nitrogens with one attached hydrogen (secondary N) is 1. The monoisotopic (exact) mass is 444 g/mol. The van der Waals surface area contributed by atoms with Crippen LogP contribution in [0.1, 0.15) is 18.2 Å². The van der Waals surface area contributed by atoms with Gasteiger partial charge in [-0.05, 0) is 48.9 Å². The Morgan fingerprint density at radius 1 is 1.16 bits per heavy atom. The summed E-state index contributed by atoms with van der Waals surface area (Å²) in [5, 5.41) is 2.58. The molecule has 32 heavy (non-hydrogen) atoms. The number of hydrogen-bond acceptors (Lipinski definition) is 5. The van der Waals surface area contributed by atoms with Gasteiger partial charge in [-0.1, -0.05) is 24.3 Å². The quantitative estimate of drug-likeness (QED) is 0.249. The number of fused-ring (bicyclic) bond motifs is 1. The summed E-state index contributed by atoms with van der Waals surface area (Å²) in [4.78, 5) is 24.7. The molecule has 3 N–H and O–H groups in total. The van der Waals surface area contributed by atoms with E-state index in [1.165, 1.54) is 0 Å². The van der Waals surface area contributed by atoms with Gasteiger partial charge >= 0.3 is 0 Å². The third-order valence-corrected chi connectivity index (χ3v) is 5.19. The van der Waals surface area contributed by atoms with Crippen molar-refractivity contribution in [1.82, 2.24) is 24.8 Å². The van der Waals surface area contributed by atoms with Crippen molar-refractivity contribution in [3.63, 3.8) is 0 Å². The molecule has 8 heteroatoms. The van der Waals surface area contributed by atoms with Crippen LogP contribution in [-0.2, 0) is 10.7 Å². The number of carbonyl (C=O) groups excluding carboxylic acids is 1. The maximum absolute atomic E-state index is 10.8. The zero-order valence-corrected chi connectivity index (χ0v) is 18.1. The molecule has 3 heterocycles. The van der Waals surface area contributed by atoms with Gasteiger partial charge in [0.05, 0.1) is 11.3 Å². The molecule has 0 fully saturated rings. The van der Waals surface area contributed by atoms with Crippen molar-refractivity contribution in [1.29, 1.82) is 0 Å². The normalized spacial score (nSPS) is 11.9. The lowest BCUT2D eigenvalue weighted by Crippen LogP contribution is -2.04. The van der Waals surface area contributed by atoms with Gasteiger partial charge in [0.15, 0.2) is 11.5 Å². The van der Waals surface area contributed by atoms with E-state index in [4.69, 9.17) is 27.3 Å². The summed E-state index contributed by atoms with van der Waals surface area (Å²) in [5.41, 5.74) is 11.6. The molecule has 1 amide bonds. The van der Waals surface area contributed by atoms with Crippen molar-refractivity contribution in [2.75, 3.05) is 5.73 Å². The summed E-state index contributed by atoms with van der Waals surface area (Å²) in [6.07, 6.45) is 7.63. The van der Waals surface area contributed by atoms with Crippen molar-refractivity contribution in [3.05, 3.63) is 84.3 Å². The van der Waals surface area contributed by atoms with Gasteiger partial charge in [0.1, 0.15) is 11.3 Å². The molecule has 0 aliphatic carbocycles. The average molecular weight is 445 g/mol. The first-order valence-electron chi connectivity index (χ1n) is 9.95. The fraction of sp³-hybridized carbons (Fsp3) is 0.0833. The Kier molecular flexibility index (Phi) is 6.28. The number of nitrogen functional groups attached to an aromatic ring is 1. The van der Waals surface area contributed by atoms with Crippen LogP contribution in [0, 0.1) is 0 Å². The smallest absolute Gasteiger partial charge is 0.211 e. The lowest BCUT2D eigenvalue weighted by atomic mass is 10.1. The summed E-state index contributed by atoms with van der Waals surface area (Å²) in [6.45, 7) is 1.90. The summed E-state index contributed by atoms with van der Waals surface area (Å²) in [5.74, 6) is 1.44. The molecule has 0 unspecified atom stereocenters. The fourth-order valence-electron chi connectivity index (χ4n) is 3.39. The van der Waals surface area contributed by atoms with Crippen LogP contribution in [0.2, 0.25) is 0 Å². The van der Waals surface area contributed by atoms with E-state index < -0.39 is 0 Å². The highest BCUT2D eigenvalue weighted by Gasteiger charge is 2.18. The van der Waals surface area contributed by atoms with Crippen LogP contribution in [0.5, 0.6) is 0 Å². The Morgan fingerprint density at radius 2 is 1.97 bits per heavy atom. The number of carbonyl (C=O) groups is 1. The fourth-order valence-corrected chi connectivity index (χ4v) is 3.57. The van der Waals surface area contributed by atoms with Crippen LogP contribution < -0.4 is 11.1 Å². The number of nitrogens with two attached hydrogens (primary N) is 1. The third-order valence-electron chi connectivity index (χ3n) is 4.88. The van der Waals surface area contributed by atoms with Crippen molar-refractivity contribution < 1.29 is 4.79 Å². The molecule has 4 aromatic rings. The van der Waals surface area contributed by atoms with Crippen LogP contribution in [0.4, 0.5) is 5.82 Å². The number of alkyl halides is 1. The molecule has 4 rings (SSSR count). The van der Waals surface area contributed by atoms with E-state index in [1.807, 2.05) is 72.2 Å². The predicted molar refractivity (Wildman–Crippen MR) is 128 cm³/mol. The van der Waals surface area contributed by atoms with E-state index in [9.17, 15) is 4.79 Å². The second-order valence-electron chi connectivity index (χ2n) is 6.93. The number of imidazole rings is 1. The van der Waals surface area contributed by atoms with Crippen LogP contribution in [-0.4, -0.2) is 25.9 Å². The van der Waals surface area contributed by atoms with Crippen LogP contribution in [0.3, 0.4) is 0 Å². The maximum atomic E-state index is 10.8. The highest BCUT2D eigenvalue weighted by atomic mass is 35.5. The number of nitrogens with zero attached hydrogens (tertiary/aromatic N) is 4. The molecule has 0 bridgehead atoms. The second kappa shape index (κ2) is 9.45. The highest BCUT2D eigenvalue weighted by Crippen LogP contribution is 2.31. The molecule has 0 aliphatic heterocycles. The zero-order chi connectivity index (χ0) is 22.5. The second-order valence-corrected chi connectivity index (χ2v) is 7.20. The number of allylic oxidation sites excluding steroid dienone is 3. The summed E-state index contributed by atoms with van der Waals surface area (Å²) in [7, 11) is 0. The molecule has 7 nitrogen and oxygen atoms in total. The number of anilines is 1. The molecule has 0 aliphatic rings. The van der Waals surface area contributed by atoms with Crippen LogP contribution >= 0.6 is 11.6 Å². The number of pyridine rings is 2. The number of aromatic nitrogens is 4. The van der Waals surface area contributed by atoms with Gasteiger partial charge in [-0.25, -0.2) is 15.0 Å². The maximum Gasteiger partial charge on any atom is 0.211 e. The Balaban J connectivity index is 1.99. The molecule has 0 radical (unpaired) electrons. The van der Waals surface area contributed by atoms with Gasteiger partial charge in [-0.3, -0.25) is 9.36 Å². The van der Waals surface area contributed by atoms with E-state index >= 15 is 0 Å². The topological polar surface area (TPSA) is 98.7 Å². The Bertz CT molecular complexity index is 1320. The minimum Gasteiger partial charge on any atom is -0.383 e. The van der Waals surface area contributed by atoms with Crippen molar-refractivity contribution >= 4 is 40.6 Å². The molecular formula is C24H21ClN6O. The Morgan fingerprint density at radius 3 is 2.66 bits per heavy atom. The van der Waals surface area contributed by atoms with Gasteiger partial charge < -0.3 is 11.1 Å². The largest absolute Gasteiger partial charge is 0.383 e. The van der Waals surface area contributed by atoms with Crippen LogP contribution in [0.15, 0.2) is 73.1 Å². The minimum absolute atomic E-state index is 0.381. The first kappa shape index (κ1) is 21.3. The van der Waals surface area contributed by atoms with Gasteiger partial charge in [0.2, 0.25) is 6.41 Å². The van der Waals surface area contributed by atoms with E-state index in [0.717, 1.165) is 16.8 Å². The summed E-state index contributed by atoms with van der Waals surface area (Å²) >= 11 is 5.97. The van der Waals surface area contributed by atoms with Crippen LogP contribution in [0.25, 0.3) is 33.8 Å². The number of amides is 1. The SMILES string of the molecule is C/C=C\C(=C/NC=O)c1ccc2nc(-c3cccnc3N)n(-c3ccc(CCl)cc3)c2n1. The van der Waals surface area contributed by atoms with Crippen molar-refractivity contribution in [3.8, 4) is 17.1 Å². The predicted octanol–water partition coefficient (Wildman–Crippen LogP) is 4.47. The Hall–Kier alpha value is -3.97. The van der Waals surface area contributed by atoms with Gasteiger partial charge in [-0.2, -0.15) is 0 Å². The zero-order valence-electron chi connectivity index (χ0n) is 17.4. The third kappa shape index (κ3) is 4.10. The van der Waals surface area contributed by atoms with E-state index in [0.29, 0.717) is 46.4 Å². The van der Waals surface area contributed by atoms with E-state index in [1.54, 1.807) is 12.4 Å². The molecule has 1 aromatic carbocycles. The lowest BCUT2D eigenvalue weighted by molar-refractivity contribution is -0.108. The number of hydrogen-bond donors (Lipinski definition) is 2. The minimum atomic E-state index is 0.381. The standard InChI is InChI=1S/C24H21ClN6O/c1-2-4-17(14-27-15-32)20-10-11-21-24(29-20)31(18-8-6-16(13-25)7-9-18)23(30-21)19-5-3-12-28-22(19)26/h2-12,14-15H,13H2,1H3,(H2,26,28)(H,27,32)/b4-2-,17-14+. The first-order chi connectivity index (χ1) is 15.7. The number of rotatable bonds is 7. The molecule has 0 spiro atoms. The van der Waals surface area contributed by atoms with Crippen molar-refractivity contribution in [2.45, 2.75) is 12.8 Å². The lowest BCUT2D eigenvalue weighted by Gasteiger charge is -2.11. The molecular weight excluding hydrogens is 424 g/mol. The molecule has 0 atom stereocenters. The Labute approximate surface area is 190 Å². The van der Waals surface area contributed by atoms with Gasteiger partial charge in [-0.15, -0.1) is 11.6 Å². The van der Waals surface area contributed by atoms with Gasteiger partial charge in [0, 0.05) is 29.5 Å².